The van der Waals surface area contributed by atoms with Gasteiger partial charge in [-0.3, -0.25) is 14.9 Å². The van der Waals surface area contributed by atoms with E-state index in [9.17, 15) is 14.9 Å². The highest BCUT2D eigenvalue weighted by molar-refractivity contribution is 7.09. The fourth-order valence-corrected chi connectivity index (χ4v) is 4.00. The molecule has 0 spiro atoms. The Hall–Kier alpha value is -2.97. The zero-order valence-corrected chi connectivity index (χ0v) is 16.9. The average Bonchev–Trinajstić information content (AvgIpc) is 2.94. The molecule has 2 aromatic carbocycles. The van der Waals surface area contributed by atoms with E-state index in [4.69, 9.17) is 16.3 Å². The standard InChI is InChI=1S/C19H16ClN3O4S/c1-11-17(12-4-7-14(27-3)8-5-12)22(2)19(28-11)21-18(24)15-9-6-13(23(25)26)10-16(15)20/h4-10H,1-3H3. The third-order valence-corrected chi connectivity index (χ3v) is 5.51. The molecule has 0 N–H and O–H groups in total. The largest absolute Gasteiger partial charge is 0.497 e. The highest BCUT2D eigenvalue weighted by atomic mass is 35.5. The summed E-state index contributed by atoms with van der Waals surface area (Å²) in [7, 11) is 3.43. The second-order valence-corrected chi connectivity index (χ2v) is 7.50. The topological polar surface area (TPSA) is 86.7 Å². The first-order valence-corrected chi connectivity index (χ1v) is 9.35. The molecule has 0 bridgehead atoms. The second-order valence-electron chi connectivity index (χ2n) is 5.92. The van der Waals surface area contributed by atoms with Crippen molar-refractivity contribution in [2.24, 2.45) is 12.0 Å². The SMILES string of the molecule is COc1ccc(-c2c(C)sc(=NC(=O)c3ccc([N+](=O)[O-])cc3Cl)n2C)cc1. The lowest BCUT2D eigenvalue weighted by molar-refractivity contribution is -0.384. The van der Waals surface area contributed by atoms with Crippen molar-refractivity contribution >= 4 is 34.5 Å². The summed E-state index contributed by atoms with van der Waals surface area (Å²) in [5.74, 6) is 0.199. The molecule has 3 rings (SSSR count). The van der Waals surface area contributed by atoms with E-state index < -0.39 is 10.8 Å². The number of rotatable bonds is 4. The third kappa shape index (κ3) is 3.83. The minimum atomic E-state index is -0.568. The maximum atomic E-state index is 12.6. The molecular weight excluding hydrogens is 402 g/mol. The van der Waals surface area contributed by atoms with Gasteiger partial charge in [0.2, 0.25) is 0 Å². The van der Waals surface area contributed by atoms with Crippen LogP contribution in [0.1, 0.15) is 15.2 Å². The minimum Gasteiger partial charge on any atom is -0.497 e. The van der Waals surface area contributed by atoms with Crippen LogP contribution < -0.4 is 9.54 Å². The van der Waals surface area contributed by atoms with Crippen molar-refractivity contribution in [3.8, 4) is 17.0 Å². The Balaban J connectivity index is 2.01. The number of amides is 1. The van der Waals surface area contributed by atoms with Gasteiger partial charge in [0.15, 0.2) is 4.80 Å². The Morgan fingerprint density at radius 3 is 2.50 bits per heavy atom. The lowest BCUT2D eigenvalue weighted by Gasteiger charge is -2.06. The Labute approximate surface area is 169 Å². The van der Waals surface area contributed by atoms with Crippen molar-refractivity contribution in [2.75, 3.05) is 7.11 Å². The van der Waals surface area contributed by atoms with Gasteiger partial charge >= 0.3 is 0 Å². The third-order valence-electron chi connectivity index (χ3n) is 4.15. The van der Waals surface area contributed by atoms with Crippen molar-refractivity contribution in [3.05, 3.63) is 72.8 Å². The molecule has 144 valence electrons. The molecule has 7 nitrogen and oxygen atoms in total. The van der Waals surface area contributed by atoms with E-state index >= 15 is 0 Å². The molecule has 0 aliphatic rings. The zero-order valence-electron chi connectivity index (χ0n) is 15.3. The molecule has 1 aromatic heterocycles. The van der Waals surface area contributed by atoms with Gasteiger partial charge in [-0.1, -0.05) is 11.6 Å². The molecule has 1 amide bonds. The van der Waals surface area contributed by atoms with Crippen LogP contribution in [0.25, 0.3) is 11.3 Å². The maximum absolute atomic E-state index is 12.6. The summed E-state index contributed by atoms with van der Waals surface area (Å²) in [5, 5.41) is 10.8. The van der Waals surface area contributed by atoms with Crippen molar-refractivity contribution in [3.63, 3.8) is 0 Å². The van der Waals surface area contributed by atoms with Gasteiger partial charge in [0.1, 0.15) is 5.75 Å². The minimum absolute atomic E-state index is 0.00532. The molecule has 0 aliphatic carbocycles. The summed E-state index contributed by atoms with van der Waals surface area (Å²) in [6, 6.07) is 11.3. The van der Waals surface area contributed by atoms with Crippen LogP contribution in [0.2, 0.25) is 5.02 Å². The molecule has 0 aliphatic heterocycles. The molecule has 0 unspecified atom stereocenters. The smallest absolute Gasteiger partial charge is 0.281 e. The molecule has 3 aromatic rings. The summed E-state index contributed by atoms with van der Waals surface area (Å²) in [5.41, 5.74) is 1.85. The van der Waals surface area contributed by atoms with Crippen LogP contribution in [-0.2, 0) is 7.05 Å². The van der Waals surface area contributed by atoms with Crippen LogP contribution >= 0.6 is 22.9 Å². The van der Waals surface area contributed by atoms with E-state index in [0.717, 1.165) is 28.0 Å². The summed E-state index contributed by atoms with van der Waals surface area (Å²) in [6.07, 6.45) is 0. The second kappa shape index (κ2) is 7.95. The number of non-ortho nitro benzene ring substituents is 1. The van der Waals surface area contributed by atoms with Gasteiger partial charge in [-0.15, -0.1) is 11.3 Å². The molecule has 0 radical (unpaired) electrons. The van der Waals surface area contributed by atoms with Gasteiger partial charge in [0, 0.05) is 24.1 Å². The molecule has 0 saturated heterocycles. The lowest BCUT2D eigenvalue weighted by Crippen LogP contribution is -2.14. The number of nitrogens with zero attached hydrogens (tertiary/aromatic N) is 3. The number of thiazole rings is 1. The van der Waals surface area contributed by atoms with Crippen LogP contribution in [0, 0.1) is 17.0 Å². The average molecular weight is 418 g/mol. The normalized spacial score (nSPS) is 11.5. The highest BCUT2D eigenvalue weighted by Crippen LogP contribution is 2.27. The number of nitro groups is 1. The molecular formula is C19H16ClN3O4S. The maximum Gasteiger partial charge on any atom is 0.281 e. The first-order chi connectivity index (χ1) is 13.3. The first-order valence-electron chi connectivity index (χ1n) is 8.15. The number of benzene rings is 2. The van der Waals surface area contributed by atoms with Gasteiger partial charge in [-0.2, -0.15) is 4.99 Å². The number of carbonyl (C=O) groups excluding carboxylic acids is 1. The summed E-state index contributed by atoms with van der Waals surface area (Å²) in [4.78, 5) is 28.5. The van der Waals surface area contributed by atoms with Crippen LogP contribution in [0.4, 0.5) is 5.69 Å². The zero-order chi connectivity index (χ0) is 20.4. The van der Waals surface area contributed by atoms with Gasteiger partial charge in [-0.05, 0) is 42.8 Å². The Bertz CT molecular complexity index is 1130. The molecule has 1 heterocycles. The van der Waals surface area contributed by atoms with E-state index in [1.165, 1.54) is 23.5 Å². The Morgan fingerprint density at radius 1 is 1.25 bits per heavy atom. The monoisotopic (exact) mass is 417 g/mol. The number of carbonyl (C=O) groups is 1. The quantitative estimate of drug-likeness (QED) is 0.465. The fraction of sp³-hybridized carbons (Fsp3) is 0.158. The summed E-state index contributed by atoms with van der Waals surface area (Å²) in [6.45, 7) is 1.95. The van der Waals surface area contributed by atoms with Crippen molar-refractivity contribution < 1.29 is 14.5 Å². The number of halogens is 1. The van der Waals surface area contributed by atoms with Crippen LogP contribution in [-0.4, -0.2) is 22.5 Å². The van der Waals surface area contributed by atoms with Crippen molar-refractivity contribution in [1.82, 2.24) is 4.57 Å². The number of aromatic nitrogens is 1. The molecule has 0 saturated carbocycles. The predicted molar refractivity (Wildman–Crippen MR) is 108 cm³/mol. The van der Waals surface area contributed by atoms with Crippen LogP contribution in [0.15, 0.2) is 47.5 Å². The van der Waals surface area contributed by atoms with Gasteiger partial charge in [0.25, 0.3) is 11.6 Å². The van der Waals surface area contributed by atoms with E-state index in [1.807, 2.05) is 42.8 Å². The Kier molecular flexibility index (Phi) is 5.62. The first kappa shape index (κ1) is 19.8. The van der Waals surface area contributed by atoms with Gasteiger partial charge in [0.05, 0.1) is 28.3 Å². The lowest BCUT2D eigenvalue weighted by atomic mass is 10.1. The molecule has 0 fully saturated rings. The Morgan fingerprint density at radius 2 is 1.93 bits per heavy atom. The molecule has 28 heavy (non-hydrogen) atoms. The summed E-state index contributed by atoms with van der Waals surface area (Å²) >= 11 is 7.41. The number of hydrogen-bond acceptors (Lipinski definition) is 5. The number of nitro benzene ring substituents is 1. The van der Waals surface area contributed by atoms with Crippen molar-refractivity contribution in [1.29, 1.82) is 0 Å². The van der Waals surface area contributed by atoms with E-state index in [-0.39, 0.29) is 16.3 Å². The highest BCUT2D eigenvalue weighted by Gasteiger charge is 2.16. The fourth-order valence-electron chi connectivity index (χ4n) is 2.77. The van der Waals surface area contributed by atoms with Crippen LogP contribution in [0.3, 0.4) is 0 Å². The van der Waals surface area contributed by atoms with Crippen LogP contribution in [0.5, 0.6) is 5.75 Å². The van der Waals surface area contributed by atoms with E-state index in [2.05, 4.69) is 4.99 Å². The number of methoxy groups -OCH3 is 1. The van der Waals surface area contributed by atoms with Gasteiger partial charge < -0.3 is 9.30 Å². The molecule has 0 atom stereocenters. The predicted octanol–water partition coefficient (Wildman–Crippen LogP) is 4.37. The van der Waals surface area contributed by atoms with Gasteiger partial charge in [-0.25, -0.2) is 0 Å². The summed E-state index contributed by atoms with van der Waals surface area (Å²) < 4.78 is 7.02. The molecule has 9 heteroatoms. The number of hydrogen-bond donors (Lipinski definition) is 0. The number of ether oxygens (including phenoxy) is 1. The van der Waals surface area contributed by atoms with E-state index in [0.29, 0.717) is 4.80 Å². The van der Waals surface area contributed by atoms with Crippen molar-refractivity contribution in [2.45, 2.75) is 6.92 Å². The van der Waals surface area contributed by atoms with E-state index in [1.54, 1.807) is 7.11 Å². The number of aryl methyl sites for hydroxylation is 1.